The fourth-order valence-corrected chi connectivity index (χ4v) is 6.00. The first kappa shape index (κ1) is 32.4. The summed E-state index contributed by atoms with van der Waals surface area (Å²) in [5, 5.41) is 3.69. The lowest BCUT2D eigenvalue weighted by atomic mass is 10.1. The number of benzene rings is 3. The van der Waals surface area contributed by atoms with Crippen molar-refractivity contribution in [2.45, 2.75) is 71.5 Å². The molecule has 0 bridgehead atoms. The van der Waals surface area contributed by atoms with E-state index in [2.05, 4.69) is 5.32 Å². The Bertz CT molecular complexity index is 1510. The summed E-state index contributed by atoms with van der Waals surface area (Å²) in [6, 6.07) is 15.6. The van der Waals surface area contributed by atoms with Crippen molar-refractivity contribution in [3.05, 3.63) is 93.0 Å². The predicted molar refractivity (Wildman–Crippen MR) is 166 cm³/mol. The van der Waals surface area contributed by atoms with E-state index in [9.17, 15) is 18.0 Å². The Morgan fingerprint density at radius 1 is 0.902 bits per heavy atom. The lowest BCUT2D eigenvalue weighted by Gasteiger charge is -2.32. The van der Waals surface area contributed by atoms with Gasteiger partial charge in [0.25, 0.3) is 10.0 Å². The summed E-state index contributed by atoms with van der Waals surface area (Å²) in [4.78, 5) is 28.7. The molecule has 220 valence electrons. The standard InChI is InChI=1S/C31H37Cl2N3O4S/c1-7-23(5)34-31(38)24(6)35(18-25-11-12-26(32)17-29(25)33)30(37)19-36(27-13-10-21(3)22(4)16-27)41(39,40)28-14-8-20(2)9-15-28/h8-17,23-24H,7,18-19H2,1-6H3,(H,34,38)/t23-,24-/m1/s1. The molecule has 0 aliphatic heterocycles. The van der Waals surface area contributed by atoms with Gasteiger partial charge in [0, 0.05) is 22.6 Å². The summed E-state index contributed by atoms with van der Waals surface area (Å²) < 4.78 is 29.1. The summed E-state index contributed by atoms with van der Waals surface area (Å²) in [7, 11) is -4.14. The van der Waals surface area contributed by atoms with Gasteiger partial charge in [-0.2, -0.15) is 0 Å². The number of anilines is 1. The molecule has 1 N–H and O–H groups in total. The number of aryl methyl sites for hydroxylation is 3. The quantitative estimate of drug-likeness (QED) is 0.268. The number of hydrogen-bond donors (Lipinski definition) is 1. The van der Waals surface area contributed by atoms with Crippen LogP contribution in [0.25, 0.3) is 0 Å². The van der Waals surface area contributed by atoms with Gasteiger partial charge in [0.15, 0.2) is 0 Å². The second-order valence-corrected chi connectivity index (χ2v) is 13.1. The Morgan fingerprint density at radius 2 is 1.56 bits per heavy atom. The zero-order valence-electron chi connectivity index (χ0n) is 24.2. The fraction of sp³-hybridized carbons (Fsp3) is 0.355. The Labute approximate surface area is 253 Å². The van der Waals surface area contributed by atoms with E-state index in [1.54, 1.807) is 49.4 Å². The molecule has 3 aromatic rings. The molecular weight excluding hydrogens is 581 g/mol. The van der Waals surface area contributed by atoms with Crippen LogP contribution in [0.3, 0.4) is 0 Å². The van der Waals surface area contributed by atoms with Gasteiger partial charge in [-0.15, -0.1) is 0 Å². The Hall–Kier alpha value is -3.07. The molecular formula is C31H37Cl2N3O4S. The molecule has 0 heterocycles. The molecule has 0 unspecified atom stereocenters. The van der Waals surface area contributed by atoms with Gasteiger partial charge in [0.2, 0.25) is 11.8 Å². The summed E-state index contributed by atoms with van der Waals surface area (Å²) in [5.41, 5.74) is 3.70. The highest BCUT2D eigenvalue weighted by Crippen LogP contribution is 2.28. The number of amides is 2. The Balaban J connectivity index is 2.07. The summed E-state index contributed by atoms with van der Waals surface area (Å²) >= 11 is 12.5. The Morgan fingerprint density at radius 3 is 2.15 bits per heavy atom. The normalized spacial score (nSPS) is 12.9. The summed E-state index contributed by atoms with van der Waals surface area (Å²) in [6.45, 7) is 10.6. The van der Waals surface area contributed by atoms with Crippen LogP contribution in [0.5, 0.6) is 0 Å². The first-order chi connectivity index (χ1) is 19.2. The topological polar surface area (TPSA) is 86.8 Å². The number of halogens is 2. The number of carbonyl (C=O) groups excluding carboxylic acids is 2. The summed E-state index contributed by atoms with van der Waals surface area (Å²) in [6.07, 6.45) is 0.713. The number of nitrogens with one attached hydrogen (secondary N) is 1. The van der Waals surface area contributed by atoms with E-state index in [0.717, 1.165) is 21.0 Å². The molecule has 7 nitrogen and oxygen atoms in total. The maximum Gasteiger partial charge on any atom is 0.264 e. The lowest BCUT2D eigenvalue weighted by Crippen LogP contribution is -2.52. The maximum atomic E-state index is 14.1. The van der Waals surface area contributed by atoms with Gasteiger partial charge in [-0.25, -0.2) is 8.42 Å². The fourth-order valence-electron chi connectivity index (χ4n) is 4.13. The SMILES string of the molecule is CC[C@@H](C)NC(=O)[C@@H](C)N(Cc1ccc(Cl)cc1Cl)C(=O)CN(c1ccc(C)c(C)c1)S(=O)(=O)c1ccc(C)cc1. The van der Waals surface area contributed by atoms with Gasteiger partial charge in [-0.1, -0.05) is 60.0 Å². The lowest BCUT2D eigenvalue weighted by molar-refractivity contribution is -0.139. The van der Waals surface area contributed by atoms with Crippen LogP contribution in [0.2, 0.25) is 10.0 Å². The third-order valence-corrected chi connectivity index (χ3v) is 9.57. The predicted octanol–water partition coefficient (Wildman–Crippen LogP) is 6.45. The van der Waals surface area contributed by atoms with E-state index in [4.69, 9.17) is 23.2 Å². The van der Waals surface area contributed by atoms with Crippen LogP contribution >= 0.6 is 23.2 Å². The molecule has 0 saturated heterocycles. The van der Waals surface area contributed by atoms with Crippen LogP contribution in [-0.2, 0) is 26.2 Å². The first-order valence-corrected chi connectivity index (χ1v) is 15.6. The van der Waals surface area contributed by atoms with Gasteiger partial charge in [-0.3, -0.25) is 13.9 Å². The maximum absolute atomic E-state index is 14.1. The third-order valence-electron chi connectivity index (χ3n) is 7.19. The van der Waals surface area contributed by atoms with Crippen molar-refractivity contribution in [2.75, 3.05) is 10.8 Å². The van der Waals surface area contributed by atoms with Gasteiger partial charge in [0.1, 0.15) is 12.6 Å². The van der Waals surface area contributed by atoms with Crippen LogP contribution in [0, 0.1) is 20.8 Å². The van der Waals surface area contributed by atoms with Crippen molar-refractivity contribution in [1.29, 1.82) is 0 Å². The van der Waals surface area contributed by atoms with E-state index < -0.39 is 28.5 Å². The van der Waals surface area contributed by atoms with Crippen molar-refractivity contribution in [3.8, 4) is 0 Å². The number of sulfonamides is 1. The van der Waals surface area contributed by atoms with Gasteiger partial charge >= 0.3 is 0 Å². The minimum absolute atomic E-state index is 0.0186. The molecule has 41 heavy (non-hydrogen) atoms. The molecule has 2 atom stereocenters. The molecule has 0 saturated carbocycles. The van der Waals surface area contributed by atoms with E-state index in [-0.39, 0.29) is 23.4 Å². The van der Waals surface area contributed by atoms with E-state index in [0.29, 0.717) is 27.7 Å². The zero-order chi connectivity index (χ0) is 30.5. The van der Waals surface area contributed by atoms with Crippen molar-refractivity contribution in [2.24, 2.45) is 0 Å². The van der Waals surface area contributed by atoms with E-state index in [1.807, 2.05) is 40.7 Å². The number of hydrogen-bond acceptors (Lipinski definition) is 4. The minimum Gasteiger partial charge on any atom is -0.352 e. The van der Waals surface area contributed by atoms with Crippen LogP contribution in [0.4, 0.5) is 5.69 Å². The third kappa shape index (κ3) is 8.03. The average molecular weight is 619 g/mol. The van der Waals surface area contributed by atoms with Gasteiger partial charge < -0.3 is 10.2 Å². The second-order valence-electron chi connectivity index (χ2n) is 10.3. The van der Waals surface area contributed by atoms with Crippen LogP contribution < -0.4 is 9.62 Å². The molecule has 3 rings (SSSR count). The molecule has 10 heteroatoms. The molecule has 2 amide bonds. The molecule has 0 aliphatic rings. The Kier molecular flexibility index (Phi) is 10.9. The highest BCUT2D eigenvalue weighted by molar-refractivity contribution is 7.92. The highest BCUT2D eigenvalue weighted by Gasteiger charge is 2.33. The smallest absolute Gasteiger partial charge is 0.264 e. The molecule has 0 spiro atoms. The van der Waals surface area contributed by atoms with Crippen molar-refractivity contribution in [1.82, 2.24) is 10.2 Å². The number of rotatable bonds is 11. The highest BCUT2D eigenvalue weighted by atomic mass is 35.5. The van der Waals surface area contributed by atoms with Gasteiger partial charge in [0.05, 0.1) is 10.6 Å². The molecule has 0 aliphatic carbocycles. The van der Waals surface area contributed by atoms with E-state index >= 15 is 0 Å². The van der Waals surface area contributed by atoms with Crippen molar-refractivity contribution < 1.29 is 18.0 Å². The van der Waals surface area contributed by atoms with Crippen LogP contribution in [0.1, 0.15) is 49.4 Å². The number of nitrogens with zero attached hydrogens (tertiary/aromatic N) is 2. The van der Waals surface area contributed by atoms with Crippen molar-refractivity contribution >= 4 is 50.7 Å². The molecule has 0 aromatic heterocycles. The van der Waals surface area contributed by atoms with Gasteiger partial charge in [-0.05, 0) is 94.1 Å². The zero-order valence-corrected chi connectivity index (χ0v) is 26.6. The van der Waals surface area contributed by atoms with Crippen LogP contribution in [0.15, 0.2) is 65.6 Å². The molecule has 3 aromatic carbocycles. The molecule has 0 radical (unpaired) electrons. The monoisotopic (exact) mass is 617 g/mol. The largest absolute Gasteiger partial charge is 0.352 e. The summed E-state index contributed by atoms with van der Waals surface area (Å²) in [5.74, 6) is -0.909. The van der Waals surface area contributed by atoms with E-state index in [1.165, 1.54) is 17.0 Å². The average Bonchev–Trinajstić information content (AvgIpc) is 2.92. The van der Waals surface area contributed by atoms with Crippen LogP contribution in [-0.4, -0.2) is 43.8 Å². The first-order valence-electron chi connectivity index (χ1n) is 13.4. The molecule has 0 fully saturated rings. The minimum atomic E-state index is -4.14. The second kappa shape index (κ2) is 13.7. The van der Waals surface area contributed by atoms with Crippen molar-refractivity contribution in [3.63, 3.8) is 0 Å². The number of carbonyl (C=O) groups is 2.